The van der Waals surface area contributed by atoms with Crippen LogP contribution in [0.1, 0.15) is 13.3 Å². The normalized spacial score (nSPS) is 10.4. The number of hydrogen-bond acceptors (Lipinski definition) is 2. The summed E-state index contributed by atoms with van der Waals surface area (Å²) in [4.78, 5) is 10.7. The fourth-order valence-corrected chi connectivity index (χ4v) is 0.630. The van der Waals surface area contributed by atoms with Gasteiger partial charge in [-0.15, -0.1) is 0 Å². The second-order valence-electron chi connectivity index (χ2n) is 2.20. The zero-order valence-corrected chi connectivity index (χ0v) is 7.18. The minimum Gasteiger partial charge on any atom is -0.359 e. The summed E-state index contributed by atoms with van der Waals surface area (Å²) in [5.74, 6) is 0.0815. The van der Waals surface area contributed by atoms with E-state index in [4.69, 9.17) is 0 Å². The molecule has 0 saturated carbocycles. The topological polar surface area (TPSA) is 41.1 Å². The molecule has 0 aromatic carbocycles. The first kappa shape index (κ1) is 10.2. The van der Waals surface area contributed by atoms with Crippen molar-refractivity contribution in [3.8, 4) is 0 Å². The van der Waals surface area contributed by atoms with E-state index in [1.54, 1.807) is 7.05 Å². The van der Waals surface area contributed by atoms with Crippen molar-refractivity contribution < 1.29 is 4.79 Å². The molecule has 0 aliphatic rings. The Kier molecular flexibility index (Phi) is 6.73. The van der Waals surface area contributed by atoms with Crippen LogP contribution in [0.4, 0.5) is 0 Å². The summed E-state index contributed by atoms with van der Waals surface area (Å²) >= 11 is 0. The molecule has 64 valence electrons. The zero-order chi connectivity index (χ0) is 8.53. The first-order valence-corrected chi connectivity index (χ1v) is 3.83. The van der Waals surface area contributed by atoms with Crippen molar-refractivity contribution in [2.24, 2.45) is 0 Å². The average molecular weight is 156 g/mol. The summed E-state index contributed by atoms with van der Waals surface area (Å²) in [5, 5.41) is 5.66. The van der Waals surface area contributed by atoms with Gasteiger partial charge in [-0.2, -0.15) is 0 Å². The van der Waals surface area contributed by atoms with Crippen LogP contribution in [0.3, 0.4) is 0 Å². The highest BCUT2D eigenvalue weighted by Crippen LogP contribution is 1.75. The van der Waals surface area contributed by atoms with Crippen molar-refractivity contribution in [3.63, 3.8) is 0 Å². The maximum atomic E-state index is 10.7. The predicted octanol–water partition coefficient (Wildman–Crippen LogP) is 0.288. The molecule has 0 bridgehead atoms. The second kappa shape index (κ2) is 7.28. The molecule has 0 aromatic heterocycles. The lowest BCUT2D eigenvalue weighted by Gasteiger charge is -1.99. The van der Waals surface area contributed by atoms with Gasteiger partial charge in [-0.3, -0.25) is 4.79 Å². The first-order valence-electron chi connectivity index (χ1n) is 3.83. The Bertz CT molecular complexity index is 132. The van der Waals surface area contributed by atoms with E-state index in [0.29, 0.717) is 6.42 Å². The van der Waals surface area contributed by atoms with E-state index in [-0.39, 0.29) is 5.91 Å². The molecular weight excluding hydrogens is 140 g/mol. The van der Waals surface area contributed by atoms with E-state index in [0.717, 1.165) is 13.1 Å². The molecule has 0 unspecified atom stereocenters. The van der Waals surface area contributed by atoms with E-state index in [2.05, 4.69) is 10.6 Å². The lowest BCUT2D eigenvalue weighted by Crippen LogP contribution is -2.24. The van der Waals surface area contributed by atoms with E-state index < -0.39 is 0 Å². The van der Waals surface area contributed by atoms with E-state index in [9.17, 15) is 4.79 Å². The monoisotopic (exact) mass is 156 g/mol. The van der Waals surface area contributed by atoms with Crippen LogP contribution in [0.2, 0.25) is 0 Å². The van der Waals surface area contributed by atoms with Gasteiger partial charge in [0.1, 0.15) is 0 Å². The van der Waals surface area contributed by atoms with Gasteiger partial charge in [0.05, 0.1) is 0 Å². The van der Waals surface area contributed by atoms with E-state index >= 15 is 0 Å². The van der Waals surface area contributed by atoms with Crippen LogP contribution in [0.25, 0.3) is 0 Å². The Morgan fingerprint density at radius 1 is 1.55 bits per heavy atom. The first-order chi connectivity index (χ1) is 5.31. The van der Waals surface area contributed by atoms with E-state index in [1.165, 1.54) is 0 Å². The molecule has 0 aliphatic carbocycles. The summed E-state index contributed by atoms with van der Waals surface area (Å²) in [6, 6.07) is 0. The lowest BCUT2D eigenvalue weighted by molar-refractivity contribution is -0.120. The maximum Gasteiger partial charge on any atom is 0.221 e. The van der Waals surface area contributed by atoms with Crippen molar-refractivity contribution in [1.82, 2.24) is 10.6 Å². The molecule has 2 N–H and O–H groups in total. The van der Waals surface area contributed by atoms with Gasteiger partial charge in [-0.1, -0.05) is 12.2 Å². The largest absolute Gasteiger partial charge is 0.359 e. The summed E-state index contributed by atoms with van der Waals surface area (Å²) < 4.78 is 0. The van der Waals surface area contributed by atoms with E-state index in [1.807, 2.05) is 19.1 Å². The number of carbonyl (C=O) groups is 1. The van der Waals surface area contributed by atoms with Gasteiger partial charge in [0.2, 0.25) is 5.91 Å². The van der Waals surface area contributed by atoms with Crippen molar-refractivity contribution in [2.45, 2.75) is 13.3 Å². The number of carbonyl (C=O) groups excluding carboxylic acids is 1. The van der Waals surface area contributed by atoms with Crippen LogP contribution in [0.5, 0.6) is 0 Å². The van der Waals surface area contributed by atoms with Crippen molar-refractivity contribution in [2.75, 3.05) is 20.1 Å². The fraction of sp³-hybridized carbons (Fsp3) is 0.625. The Morgan fingerprint density at radius 2 is 2.27 bits per heavy atom. The summed E-state index contributed by atoms with van der Waals surface area (Å²) in [6.07, 6.45) is 4.55. The van der Waals surface area contributed by atoms with Gasteiger partial charge in [0.25, 0.3) is 0 Å². The molecule has 0 rings (SSSR count). The minimum absolute atomic E-state index is 0.0815. The highest BCUT2D eigenvalue weighted by Gasteiger charge is 1.93. The Morgan fingerprint density at radius 3 is 2.82 bits per heavy atom. The molecule has 0 heterocycles. The van der Waals surface area contributed by atoms with Crippen molar-refractivity contribution in [3.05, 3.63) is 12.2 Å². The Balaban J connectivity index is 3.08. The van der Waals surface area contributed by atoms with Gasteiger partial charge in [0.15, 0.2) is 0 Å². The quantitative estimate of drug-likeness (QED) is 0.443. The number of hydrogen-bond donors (Lipinski definition) is 2. The molecule has 3 nitrogen and oxygen atoms in total. The van der Waals surface area contributed by atoms with Gasteiger partial charge in [-0.05, 0) is 6.92 Å². The van der Waals surface area contributed by atoms with Gasteiger partial charge >= 0.3 is 0 Å². The highest BCUT2D eigenvalue weighted by molar-refractivity contribution is 5.75. The molecule has 0 aromatic rings. The standard InChI is InChI=1S/C8H16N2O/c1-3-4-6-10-7-5-8(11)9-2/h3-4,10H,5-7H2,1-2H3,(H,9,11)/b4-3+. The molecule has 0 saturated heterocycles. The second-order valence-corrected chi connectivity index (χ2v) is 2.20. The van der Waals surface area contributed by atoms with Gasteiger partial charge < -0.3 is 10.6 Å². The average Bonchev–Trinajstić information content (AvgIpc) is 2.04. The fourth-order valence-electron chi connectivity index (χ4n) is 0.630. The maximum absolute atomic E-state index is 10.7. The molecule has 0 atom stereocenters. The summed E-state index contributed by atoms with van der Waals surface area (Å²) in [6.45, 7) is 3.55. The van der Waals surface area contributed by atoms with Crippen LogP contribution in [-0.2, 0) is 4.79 Å². The summed E-state index contributed by atoms with van der Waals surface area (Å²) in [5.41, 5.74) is 0. The Hall–Kier alpha value is -0.830. The van der Waals surface area contributed by atoms with Crippen molar-refractivity contribution in [1.29, 1.82) is 0 Å². The zero-order valence-electron chi connectivity index (χ0n) is 7.18. The third-order valence-corrected chi connectivity index (χ3v) is 1.31. The predicted molar refractivity (Wildman–Crippen MR) is 46.4 cm³/mol. The number of rotatable bonds is 5. The number of nitrogens with one attached hydrogen (secondary N) is 2. The summed E-state index contributed by atoms with van der Waals surface area (Å²) in [7, 11) is 1.65. The van der Waals surface area contributed by atoms with Crippen molar-refractivity contribution >= 4 is 5.91 Å². The van der Waals surface area contributed by atoms with Crippen LogP contribution >= 0.6 is 0 Å². The van der Waals surface area contributed by atoms with Crippen LogP contribution in [-0.4, -0.2) is 26.0 Å². The minimum atomic E-state index is 0.0815. The smallest absolute Gasteiger partial charge is 0.221 e. The van der Waals surface area contributed by atoms with Gasteiger partial charge in [0, 0.05) is 26.6 Å². The molecule has 3 heteroatoms. The van der Waals surface area contributed by atoms with Gasteiger partial charge in [-0.25, -0.2) is 0 Å². The number of amides is 1. The molecule has 0 radical (unpaired) electrons. The third kappa shape index (κ3) is 7.06. The molecule has 1 amide bonds. The molecular formula is C8H16N2O. The molecule has 0 fully saturated rings. The number of allylic oxidation sites excluding steroid dienone is 1. The third-order valence-electron chi connectivity index (χ3n) is 1.31. The van der Waals surface area contributed by atoms with Crippen LogP contribution in [0, 0.1) is 0 Å². The highest BCUT2D eigenvalue weighted by atomic mass is 16.1. The molecule has 11 heavy (non-hydrogen) atoms. The molecule has 0 aliphatic heterocycles. The lowest BCUT2D eigenvalue weighted by atomic mass is 10.4. The van der Waals surface area contributed by atoms with Crippen LogP contribution < -0.4 is 10.6 Å². The molecule has 0 spiro atoms. The Labute approximate surface area is 67.9 Å². The van der Waals surface area contributed by atoms with Crippen LogP contribution in [0.15, 0.2) is 12.2 Å². The SMILES string of the molecule is C/C=C/CNCCC(=O)NC.